The third-order valence-corrected chi connectivity index (χ3v) is 5.63. The molecule has 108 valence electrons. The van der Waals surface area contributed by atoms with Crippen molar-refractivity contribution in [3.63, 3.8) is 0 Å². The number of aromatic nitrogens is 2. The van der Waals surface area contributed by atoms with Crippen molar-refractivity contribution in [1.82, 2.24) is 15.1 Å². The Hall–Kier alpha value is -0.350. The van der Waals surface area contributed by atoms with Crippen LogP contribution in [0, 0.1) is 18.8 Å². The van der Waals surface area contributed by atoms with E-state index in [0.29, 0.717) is 6.04 Å². The summed E-state index contributed by atoms with van der Waals surface area (Å²) in [5, 5.41) is 8.23. The minimum absolute atomic E-state index is 0.702. The molecule has 0 radical (unpaired) electrons. The normalized spacial score (nSPS) is 27.1. The van der Waals surface area contributed by atoms with Gasteiger partial charge in [0.2, 0.25) is 0 Å². The zero-order valence-electron chi connectivity index (χ0n) is 12.5. The second-order valence-corrected chi connectivity index (χ2v) is 6.52. The molecule has 1 aliphatic carbocycles. The fourth-order valence-electron chi connectivity index (χ4n) is 3.40. The number of nitrogens with zero attached hydrogens (tertiary/aromatic N) is 2. The van der Waals surface area contributed by atoms with Crippen LogP contribution in [-0.2, 0) is 13.0 Å². The fourth-order valence-corrected chi connectivity index (χ4v) is 3.84. The number of rotatable bonds is 5. The zero-order chi connectivity index (χ0) is 14.0. The van der Waals surface area contributed by atoms with Gasteiger partial charge >= 0.3 is 0 Å². The molecular weight excluding hydrogens is 302 g/mol. The number of aryl methyl sites for hydroxylation is 2. The lowest BCUT2D eigenvalue weighted by molar-refractivity contribution is 0.348. The molecule has 1 aromatic heterocycles. The molecule has 1 aromatic rings. The van der Waals surface area contributed by atoms with Crippen molar-refractivity contribution in [3.8, 4) is 0 Å². The van der Waals surface area contributed by atoms with Crippen molar-refractivity contribution in [1.29, 1.82) is 0 Å². The van der Waals surface area contributed by atoms with Crippen LogP contribution >= 0.6 is 15.9 Å². The van der Waals surface area contributed by atoms with Gasteiger partial charge in [0, 0.05) is 12.6 Å². The Morgan fingerprint density at radius 3 is 2.74 bits per heavy atom. The lowest BCUT2D eigenvalue weighted by Crippen LogP contribution is -2.32. The molecule has 1 N–H and O–H groups in total. The molecule has 3 atom stereocenters. The van der Waals surface area contributed by atoms with Gasteiger partial charge in [0.1, 0.15) is 0 Å². The molecule has 1 heterocycles. The minimum atomic E-state index is 0.702. The van der Waals surface area contributed by atoms with Crippen molar-refractivity contribution in [2.45, 2.75) is 59.5 Å². The van der Waals surface area contributed by atoms with Gasteiger partial charge in [-0.25, -0.2) is 0 Å². The van der Waals surface area contributed by atoms with E-state index in [9.17, 15) is 0 Å². The molecule has 1 aliphatic rings. The summed E-state index contributed by atoms with van der Waals surface area (Å²) in [5.41, 5.74) is 2.50. The summed E-state index contributed by atoms with van der Waals surface area (Å²) in [5.74, 6) is 1.54. The largest absolute Gasteiger partial charge is 0.314 e. The monoisotopic (exact) mass is 327 g/mol. The third kappa shape index (κ3) is 3.05. The summed E-state index contributed by atoms with van der Waals surface area (Å²) in [7, 11) is 0. The average molecular weight is 328 g/mol. The van der Waals surface area contributed by atoms with Crippen LogP contribution in [0.3, 0.4) is 0 Å². The lowest BCUT2D eigenvalue weighted by atomic mass is 9.91. The Morgan fingerprint density at radius 2 is 2.11 bits per heavy atom. The predicted molar refractivity (Wildman–Crippen MR) is 83.4 cm³/mol. The van der Waals surface area contributed by atoms with Gasteiger partial charge in [-0.3, -0.25) is 4.68 Å². The molecule has 0 aromatic carbocycles. The van der Waals surface area contributed by atoms with Crippen LogP contribution in [-0.4, -0.2) is 22.4 Å². The summed E-state index contributed by atoms with van der Waals surface area (Å²) < 4.78 is 3.38. The standard InChI is InChI=1S/C15H26BrN3/c1-5-17-13-8-7-12(10(13)3)9-14-15(16)11(4)18-19(14)6-2/h10,12-13,17H,5-9H2,1-4H3. The van der Waals surface area contributed by atoms with Gasteiger partial charge in [0.15, 0.2) is 0 Å². The van der Waals surface area contributed by atoms with Gasteiger partial charge in [-0.1, -0.05) is 13.8 Å². The Morgan fingerprint density at radius 1 is 1.37 bits per heavy atom. The molecule has 3 unspecified atom stereocenters. The van der Waals surface area contributed by atoms with E-state index in [1.54, 1.807) is 0 Å². The van der Waals surface area contributed by atoms with Crippen LogP contribution in [0.15, 0.2) is 4.47 Å². The summed E-state index contributed by atoms with van der Waals surface area (Å²) in [6, 6.07) is 0.702. The van der Waals surface area contributed by atoms with E-state index >= 15 is 0 Å². The summed E-state index contributed by atoms with van der Waals surface area (Å²) in [6.45, 7) is 10.9. The van der Waals surface area contributed by atoms with Gasteiger partial charge in [-0.2, -0.15) is 5.10 Å². The predicted octanol–water partition coefficient (Wildman–Crippen LogP) is 3.54. The van der Waals surface area contributed by atoms with E-state index in [0.717, 1.165) is 37.0 Å². The number of hydrogen-bond acceptors (Lipinski definition) is 2. The highest BCUT2D eigenvalue weighted by molar-refractivity contribution is 9.10. The first-order valence-corrected chi connectivity index (χ1v) is 8.32. The van der Waals surface area contributed by atoms with Crippen molar-refractivity contribution in [2.75, 3.05) is 6.54 Å². The second-order valence-electron chi connectivity index (χ2n) is 5.73. The van der Waals surface area contributed by atoms with Crippen LogP contribution in [0.4, 0.5) is 0 Å². The number of nitrogens with one attached hydrogen (secondary N) is 1. The molecule has 1 saturated carbocycles. The van der Waals surface area contributed by atoms with Crippen LogP contribution in [0.1, 0.15) is 45.0 Å². The van der Waals surface area contributed by atoms with Crippen LogP contribution in [0.2, 0.25) is 0 Å². The molecule has 3 nitrogen and oxygen atoms in total. The highest BCUT2D eigenvalue weighted by Gasteiger charge is 2.33. The molecule has 0 saturated heterocycles. The van der Waals surface area contributed by atoms with E-state index < -0.39 is 0 Å². The average Bonchev–Trinajstić information content (AvgIpc) is 2.87. The summed E-state index contributed by atoms with van der Waals surface area (Å²) >= 11 is 3.72. The van der Waals surface area contributed by atoms with E-state index in [-0.39, 0.29) is 0 Å². The Bertz CT molecular complexity index is 427. The Balaban J connectivity index is 2.10. The molecule has 19 heavy (non-hydrogen) atoms. The summed E-state index contributed by atoms with van der Waals surface area (Å²) in [4.78, 5) is 0. The van der Waals surface area contributed by atoms with Crippen molar-refractivity contribution >= 4 is 15.9 Å². The molecule has 0 aliphatic heterocycles. The van der Waals surface area contributed by atoms with Crippen molar-refractivity contribution in [2.24, 2.45) is 11.8 Å². The maximum Gasteiger partial charge on any atom is 0.0738 e. The maximum absolute atomic E-state index is 4.61. The third-order valence-electron chi connectivity index (χ3n) is 4.60. The number of hydrogen-bond donors (Lipinski definition) is 1. The fraction of sp³-hybridized carbons (Fsp3) is 0.800. The van der Waals surface area contributed by atoms with Crippen molar-refractivity contribution < 1.29 is 0 Å². The Kier molecular flexibility index (Phi) is 5.07. The highest BCUT2D eigenvalue weighted by Crippen LogP contribution is 2.36. The smallest absolute Gasteiger partial charge is 0.0738 e. The quantitative estimate of drug-likeness (QED) is 0.896. The maximum atomic E-state index is 4.61. The topological polar surface area (TPSA) is 29.9 Å². The molecule has 1 fully saturated rings. The van der Waals surface area contributed by atoms with E-state index in [1.165, 1.54) is 23.0 Å². The van der Waals surface area contributed by atoms with Gasteiger partial charge in [-0.05, 0) is 67.4 Å². The van der Waals surface area contributed by atoms with E-state index in [4.69, 9.17) is 0 Å². The molecule has 4 heteroatoms. The van der Waals surface area contributed by atoms with Gasteiger partial charge in [0.25, 0.3) is 0 Å². The van der Waals surface area contributed by atoms with Gasteiger partial charge in [-0.15, -0.1) is 0 Å². The van der Waals surface area contributed by atoms with Gasteiger partial charge in [0.05, 0.1) is 15.9 Å². The molecule has 0 amide bonds. The molecular formula is C15H26BrN3. The van der Waals surface area contributed by atoms with Gasteiger partial charge < -0.3 is 5.32 Å². The van der Waals surface area contributed by atoms with Crippen LogP contribution < -0.4 is 5.32 Å². The lowest BCUT2D eigenvalue weighted by Gasteiger charge is -2.21. The SMILES string of the molecule is CCNC1CCC(Cc2c(Br)c(C)nn2CC)C1C. The molecule has 2 rings (SSSR count). The van der Waals surface area contributed by atoms with Crippen molar-refractivity contribution in [3.05, 3.63) is 15.9 Å². The van der Waals surface area contributed by atoms with E-state index in [1.807, 2.05) is 0 Å². The first kappa shape index (κ1) is 15.0. The molecule has 0 bridgehead atoms. The first-order chi connectivity index (χ1) is 9.08. The minimum Gasteiger partial charge on any atom is -0.314 e. The van der Waals surface area contributed by atoms with E-state index in [2.05, 4.69) is 58.7 Å². The number of halogens is 1. The summed E-state index contributed by atoms with van der Waals surface area (Å²) in [6.07, 6.45) is 3.80. The Labute approximate surface area is 125 Å². The second kappa shape index (κ2) is 6.40. The highest BCUT2D eigenvalue weighted by atomic mass is 79.9. The first-order valence-electron chi connectivity index (χ1n) is 7.53. The van der Waals surface area contributed by atoms with Crippen LogP contribution in [0.25, 0.3) is 0 Å². The zero-order valence-corrected chi connectivity index (χ0v) is 14.1. The van der Waals surface area contributed by atoms with Crippen LogP contribution in [0.5, 0.6) is 0 Å². The molecule has 0 spiro atoms.